The van der Waals surface area contributed by atoms with Crippen LogP contribution < -0.4 is 15.9 Å². The Morgan fingerprint density at radius 2 is 1.04 bits per heavy atom. The van der Waals surface area contributed by atoms with Crippen LogP contribution in [-0.4, -0.2) is 9.13 Å². The molecular formula is C42H27N2OP. The van der Waals surface area contributed by atoms with Crippen LogP contribution in [0, 0.1) is 0 Å². The van der Waals surface area contributed by atoms with Gasteiger partial charge in [0.25, 0.3) is 0 Å². The van der Waals surface area contributed by atoms with Crippen molar-refractivity contribution in [3.8, 4) is 22.5 Å². The summed E-state index contributed by atoms with van der Waals surface area (Å²) in [6.45, 7) is 0. The Kier molecular flexibility index (Phi) is 5.27. The lowest BCUT2D eigenvalue weighted by Gasteiger charge is -2.16. The number of aromatic nitrogens is 2. The second kappa shape index (κ2) is 9.44. The van der Waals surface area contributed by atoms with Crippen LogP contribution in [0.5, 0.6) is 0 Å². The largest absolute Gasteiger partial charge is 0.309 e. The van der Waals surface area contributed by atoms with Gasteiger partial charge in [0.1, 0.15) is 0 Å². The summed E-state index contributed by atoms with van der Waals surface area (Å²) in [5, 5.41) is 7.41. The van der Waals surface area contributed by atoms with Gasteiger partial charge in [0, 0.05) is 43.1 Å². The Balaban J connectivity index is 1.35. The molecule has 1 aliphatic rings. The monoisotopic (exact) mass is 606 g/mol. The van der Waals surface area contributed by atoms with Gasteiger partial charge in [0.15, 0.2) is 7.14 Å². The van der Waals surface area contributed by atoms with Crippen molar-refractivity contribution in [3.63, 3.8) is 0 Å². The third-order valence-electron chi connectivity index (χ3n) is 9.71. The molecule has 0 fully saturated rings. The van der Waals surface area contributed by atoms with Gasteiger partial charge < -0.3 is 13.7 Å². The lowest BCUT2D eigenvalue weighted by Crippen LogP contribution is -2.20. The Hall–Kier alpha value is -5.63. The summed E-state index contributed by atoms with van der Waals surface area (Å²) >= 11 is 0. The van der Waals surface area contributed by atoms with Crippen molar-refractivity contribution in [2.24, 2.45) is 0 Å². The molecule has 1 atom stereocenters. The molecule has 216 valence electrons. The predicted octanol–water partition coefficient (Wildman–Crippen LogP) is 9.50. The molecule has 7 aromatic carbocycles. The Bertz CT molecular complexity index is 2720. The first-order valence-electron chi connectivity index (χ1n) is 15.6. The molecule has 0 spiro atoms. The van der Waals surface area contributed by atoms with Gasteiger partial charge in [-0.15, -0.1) is 0 Å². The van der Waals surface area contributed by atoms with Crippen molar-refractivity contribution in [3.05, 3.63) is 164 Å². The van der Waals surface area contributed by atoms with Crippen molar-refractivity contribution < 1.29 is 4.57 Å². The first-order valence-corrected chi connectivity index (χ1v) is 17.4. The normalized spacial score (nSPS) is 15.6. The first kappa shape index (κ1) is 25.7. The lowest BCUT2D eigenvalue weighted by atomic mass is 10.0. The number of hydrogen-bond acceptors (Lipinski definition) is 1. The number of nitrogens with zero attached hydrogens (tertiary/aromatic N) is 2. The van der Waals surface area contributed by atoms with Crippen molar-refractivity contribution >= 4 is 66.7 Å². The molecule has 3 nitrogen and oxygen atoms in total. The van der Waals surface area contributed by atoms with Gasteiger partial charge in [-0.1, -0.05) is 115 Å². The number of hydrogen-bond donors (Lipinski definition) is 0. The highest BCUT2D eigenvalue weighted by Crippen LogP contribution is 2.53. The summed E-state index contributed by atoms with van der Waals surface area (Å²) in [5.41, 5.74) is 8.96. The molecule has 3 heterocycles. The minimum atomic E-state index is -3.06. The maximum absolute atomic E-state index is 15.4. The smallest absolute Gasteiger partial charge is 0.172 e. The van der Waals surface area contributed by atoms with Crippen LogP contribution in [0.1, 0.15) is 0 Å². The maximum Gasteiger partial charge on any atom is 0.172 e. The molecule has 2 aromatic heterocycles. The zero-order valence-corrected chi connectivity index (χ0v) is 25.7. The van der Waals surface area contributed by atoms with E-state index in [4.69, 9.17) is 0 Å². The second-order valence-electron chi connectivity index (χ2n) is 12.1. The van der Waals surface area contributed by atoms with Gasteiger partial charge >= 0.3 is 0 Å². The summed E-state index contributed by atoms with van der Waals surface area (Å²) in [6, 6.07) is 57.3. The molecule has 0 aliphatic carbocycles. The van der Waals surface area contributed by atoms with Crippen molar-refractivity contribution in [1.29, 1.82) is 0 Å². The summed E-state index contributed by atoms with van der Waals surface area (Å²) < 4.78 is 20.2. The highest BCUT2D eigenvalue weighted by molar-refractivity contribution is 7.86. The first-order chi connectivity index (χ1) is 22.7. The van der Waals surface area contributed by atoms with E-state index >= 15 is 4.57 Å². The molecule has 1 unspecified atom stereocenters. The van der Waals surface area contributed by atoms with Crippen molar-refractivity contribution in [2.75, 3.05) is 0 Å². The van der Waals surface area contributed by atoms with E-state index in [0.29, 0.717) is 0 Å². The molecular weight excluding hydrogens is 579 g/mol. The fraction of sp³-hybridized carbons (Fsp3) is 0. The minimum Gasteiger partial charge on any atom is -0.309 e. The van der Waals surface area contributed by atoms with Crippen LogP contribution in [0.2, 0.25) is 0 Å². The molecule has 46 heavy (non-hydrogen) atoms. The molecule has 0 saturated heterocycles. The average Bonchev–Trinajstić information content (AvgIpc) is 3.72. The standard InChI is InChI=1S/C42H27N2OP/c45-46(29-16-5-2-6-17-29)40-25-12-9-19-31(40)34-26-39-33(27-41(34)46)30-18-7-10-21-35(30)44(39)38-24-13-23-37-42(38)32-20-8-11-22-36(32)43(37)28-14-3-1-4-15-28/h1-27H. The SMILES string of the molecule is O=P1(c2ccccc2)c2ccccc2-c2cc3c(cc21)c1ccccc1n3-c1cccc2c1c1ccccc1n2-c1ccccc1. The van der Waals surface area contributed by atoms with E-state index < -0.39 is 7.14 Å². The van der Waals surface area contributed by atoms with Crippen LogP contribution in [0.3, 0.4) is 0 Å². The fourth-order valence-corrected chi connectivity index (χ4v) is 10.9. The summed E-state index contributed by atoms with van der Waals surface area (Å²) in [6.07, 6.45) is 0. The highest BCUT2D eigenvalue weighted by Gasteiger charge is 2.40. The van der Waals surface area contributed by atoms with Gasteiger partial charge in [0.05, 0.1) is 27.8 Å². The van der Waals surface area contributed by atoms with E-state index in [1.165, 1.54) is 16.3 Å². The van der Waals surface area contributed by atoms with Gasteiger partial charge in [-0.05, 0) is 59.7 Å². The second-order valence-corrected chi connectivity index (χ2v) is 14.8. The summed E-state index contributed by atoms with van der Waals surface area (Å²) in [4.78, 5) is 0. The van der Waals surface area contributed by atoms with Gasteiger partial charge in [-0.3, -0.25) is 0 Å². The molecule has 0 bridgehead atoms. The van der Waals surface area contributed by atoms with Crippen LogP contribution in [0.25, 0.3) is 66.1 Å². The number of rotatable bonds is 3. The summed E-state index contributed by atoms with van der Waals surface area (Å²) in [7, 11) is -3.06. The molecule has 9 aromatic rings. The predicted molar refractivity (Wildman–Crippen MR) is 194 cm³/mol. The fourth-order valence-electron chi connectivity index (χ4n) is 7.80. The average molecular weight is 607 g/mol. The zero-order chi connectivity index (χ0) is 30.4. The number of benzene rings is 7. The van der Waals surface area contributed by atoms with Gasteiger partial charge in [-0.25, -0.2) is 0 Å². The topological polar surface area (TPSA) is 26.9 Å². The molecule has 0 amide bonds. The minimum absolute atomic E-state index is 0.878. The number of para-hydroxylation sites is 3. The molecule has 10 rings (SSSR count). The lowest BCUT2D eigenvalue weighted by molar-refractivity contribution is 0.593. The maximum atomic E-state index is 15.4. The molecule has 0 radical (unpaired) electrons. The molecule has 0 N–H and O–H groups in total. The molecule has 0 saturated carbocycles. The van der Waals surface area contributed by atoms with E-state index in [2.05, 4.69) is 137 Å². The Morgan fingerprint density at radius 1 is 0.413 bits per heavy atom. The van der Waals surface area contributed by atoms with Crippen molar-refractivity contribution in [2.45, 2.75) is 0 Å². The molecule has 1 aliphatic heterocycles. The van der Waals surface area contributed by atoms with Crippen LogP contribution in [0.4, 0.5) is 0 Å². The third kappa shape index (κ3) is 3.30. The van der Waals surface area contributed by atoms with E-state index in [1.54, 1.807) is 0 Å². The van der Waals surface area contributed by atoms with Crippen LogP contribution in [-0.2, 0) is 4.57 Å². The van der Waals surface area contributed by atoms with Gasteiger partial charge in [-0.2, -0.15) is 0 Å². The van der Waals surface area contributed by atoms with Gasteiger partial charge in [0.2, 0.25) is 0 Å². The van der Waals surface area contributed by atoms with E-state index in [-0.39, 0.29) is 0 Å². The quantitative estimate of drug-likeness (QED) is 0.184. The van der Waals surface area contributed by atoms with Crippen LogP contribution in [0.15, 0.2) is 164 Å². The van der Waals surface area contributed by atoms with Crippen LogP contribution >= 0.6 is 7.14 Å². The summed E-state index contributed by atoms with van der Waals surface area (Å²) in [5.74, 6) is 0. The van der Waals surface area contributed by atoms with E-state index in [9.17, 15) is 0 Å². The third-order valence-corrected chi connectivity index (χ3v) is 12.9. The Morgan fingerprint density at radius 3 is 1.85 bits per heavy atom. The molecule has 4 heteroatoms. The highest BCUT2D eigenvalue weighted by atomic mass is 31.2. The Labute approximate surface area is 266 Å². The number of fused-ring (bicyclic) bond motifs is 9. The van der Waals surface area contributed by atoms with E-state index in [0.717, 1.165) is 65.7 Å². The van der Waals surface area contributed by atoms with E-state index in [1.807, 2.05) is 36.4 Å². The zero-order valence-electron chi connectivity index (χ0n) is 24.8. The van der Waals surface area contributed by atoms with Crippen molar-refractivity contribution in [1.82, 2.24) is 9.13 Å².